The highest BCUT2D eigenvalue weighted by molar-refractivity contribution is 7.15. The lowest BCUT2D eigenvalue weighted by atomic mass is 10.2. The third-order valence-electron chi connectivity index (χ3n) is 3.71. The van der Waals surface area contributed by atoms with Crippen molar-refractivity contribution in [3.05, 3.63) is 34.8 Å². The Morgan fingerprint density at radius 3 is 3.17 bits per heavy atom. The lowest BCUT2D eigenvalue weighted by Gasteiger charge is -2.12. The molecule has 1 N–H and O–H groups in total. The number of nitrogens with one attached hydrogen (secondary N) is 1. The summed E-state index contributed by atoms with van der Waals surface area (Å²) >= 11 is 1.41. The van der Waals surface area contributed by atoms with E-state index in [0.717, 1.165) is 37.3 Å². The highest BCUT2D eigenvalue weighted by Crippen LogP contribution is 2.20. The topological polar surface area (TPSA) is 73.3 Å². The van der Waals surface area contributed by atoms with Gasteiger partial charge in [0.25, 0.3) is 5.91 Å². The Morgan fingerprint density at radius 2 is 2.38 bits per heavy atom. The average Bonchev–Trinajstić information content (AvgIpc) is 3.26. The summed E-state index contributed by atoms with van der Waals surface area (Å²) < 4.78 is 11.3. The van der Waals surface area contributed by atoms with E-state index in [1.165, 1.54) is 11.3 Å². The molecule has 7 heteroatoms. The number of rotatable bonds is 7. The molecule has 1 amide bonds. The molecule has 1 fully saturated rings. The zero-order valence-electron chi connectivity index (χ0n) is 13.7. The second kappa shape index (κ2) is 8.21. The van der Waals surface area contributed by atoms with Crippen LogP contribution in [0.3, 0.4) is 0 Å². The predicted octanol–water partition coefficient (Wildman–Crippen LogP) is 3.30. The van der Waals surface area contributed by atoms with Crippen LogP contribution in [0.1, 0.15) is 41.6 Å². The van der Waals surface area contributed by atoms with Crippen LogP contribution in [-0.2, 0) is 11.2 Å². The van der Waals surface area contributed by atoms with E-state index >= 15 is 0 Å². The van der Waals surface area contributed by atoms with Gasteiger partial charge in [-0.25, -0.2) is 0 Å². The summed E-state index contributed by atoms with van der Waals surface area (Å²) in [6, 6.07) is 7.14. The van der Waals surface area contributed by atoms with Gasteiger partial charge in [-0.15, -0.1) is 10.2 Å². The van der Waals surface area contributed by atoms with Gasteiger partial charge >= 0.3 is 0 Å². The Hall–Kier alpha value is -1.99. The summed E-state index contributed by atoms with van der Waals surface area (Å²) in [6.45, 7) is 3.40. The van der Waals surface area contributed by atoms with E-state index in [0.29, 0.717) is 23.1 Å². The number of amides is 1. The van der Waals surface area contributed by atoms with E-state index in [-0.39, 0.29) is 12.0 Å². The van der Waals surface area contributed by atoms with Gasteiger partial charge in [-0.2, -0.15) is 0 Å². The zero-order valence-corrected chi connectivity index (χ0v) is 14.5. The first-order chi connectivity index (χ1) is 11.7. The molecule has 0 bridgehead atoms. The standard InChI is InChI=1S/C17H21N3O3S/c1-2-5-15-19-20-17(24-15)18-16(21)12-6-3-7-13(10-12)23-11-14-8-4-9-22-14/h3,6-7,10,14H,2,4-5,8-9,11H2,1H3,(H,18,20,21). The average molecular weight is 347 g/mol. The monoisotopic (exact) mass is 347 g/mol. The molecule has 1 aliphatic heterocycles. The number of carbonyl (C=O) groups excluding carboxylic acids is 1. The van der Waals surface area contributed by atoms with Crippen molar-refractivity contribution in [1.29, 1.82) is 0 Å². The molecule has 0 saturated carbocycles. The maximum atomic E-state index is 12.3. The lowest BCUT2D eigenvalue weighted by Crippen LogP contribution is -2.17. The summed E-state index contributed by atoms with van der Waals surface area (Å²) in [7, 11) is 0. The van der Waals surface area contributed by atoms with Crippen LogP contribution in [0, 0.1) is 0 Å². The molecule has 2 aromatic rings. The number of ether oxygens (including phenoxy) is 2. The van der Waals surface area contributed by atoms with E-state index in [9.17, 15) is 4.79 Å². The maximum Gasteiger partial charge on any atom is 0.257 e. The number of hydrogen-bond donors (Lipinski definition) is 1. The van der Waals surface area contributed by atoms with Crippen LogP contribution in [0.2, 0.25) is 0 Å². The molecular weight excluding hydrogens is 326 g/mol. The van der Waals surface area contributed by atoms with Crippen LogP contribution >= 0.6 is 11.3 Å². The Kier molecular flexibility index (Phi) is 5.77. The first-order valence-corrected chi connectivity index (χ1v) is 9.04. The van der Waals surface area contributed by atoms with Gasteiger partial charge in [-0.3, -0.25) is 10.1 Å². The molecule has 1 saturated heterocycles. The van der Waals surface area contributed by atoms with E-state index in [4.69, 9.17) is 9.47 Å². The molecule has 6 nitrogen and oxygen atoms in total. The number of benzene rings is 1. The molecule has 0 aliphatic carbocycles. The van der Waals surface area contributed by atoms with Gasteiger partial charge < -0.3 is 9.47 Å². The van der Waals surface area contributed by atoms with Crippen LogP contribution in [0.15, 0.2) is 24.3 Å². The van der Waals surface area contributed by atoms with Gasteiger partial charge in [0, 0.05) is 18.6 Å². The van der Waals surface area contributed by atoms with Crippen molar-refractivity contribution in [2.45, 2.75) is 38.7 Å². The fourth-order valence-corrected chi connectivity index (χ4v) is 3.32. The molecule has 128 valence electrons. The normalized spacial score (nSPS) is 17.0. The number of carbonyl (C=O) groups is 1. The molecule has 24 heavy (non-hydrogen) atoms. The largest absolute Gasteiger partial charge is 0.491 e. The van der Waals surface area contributed by atoms with Crippen LogP contribution in [-0.4, -0.2) is 35.4 Å². The molecule has 2 heterocycles. The molecule has 1 unspecified atom stereocenters. The third-order valence-corrected chi connectivity index (χ3v) is 4.61. The number of anilines is 1. The first kappa shape index (κ1) is 16.9. The molecule has 1 aromatic heterocycles. The van der Waals surface area contributed by atoms with Crippen molar-refractivity contribution in [3.8, 4) is 5.75 Å². The van der Waals surface area contributed by atoms with E-state index in [2.05, 4.69) is 22.4 Å². The molecule has 3 rings (SSSR count). The van der Waals surface area contributed by atoms with Crippen LogP contribution in [0.25, 0.3) is 0 Å². The summed E-state index contributed by atoms with van der Waals surface area (Å²) in [5.41, 5.74) is 0.534. The minimum Gasteiger partial charge on any atom is -0.491 e. The fraction of sp³-hybridized carbons (Fsp3) is 0.471. The first-order valence-electron chi connectivity index (χ1n) is 8.23. The summed E-state index contributed by atoms with van der Waals surface area (Å²) in [5, 5.41) is 12.3. The van der Waals surface area contributed by atoms with E-state index in [1.807, 2.05) is 12.1 Å². The molecule has 0 radical (unpaired) electrons. The van der Waals surface area contributed by atoms with Gasteiger partial charge in [-0.05, 0) is 37.5 Å². The third kappa shape index (κ3) is 4.52. The van der Waals surface area contributed by atoms with Crippen LogP contribution in [0.5, 0.6) is 5.75 Å². The van der Waals surface area contributed by atoms with Crippen molar-refractivity contribution in [3.63, 3.8) is 0 Å². The smallest absolute Gasteiger partial charge is 0.257 e. The number of hydrogen-bond acceptors (Lipinski definition) is 6. The summed E-state index contributed by atoms with van der Waals surface area (Å²) in [4.78, 5) is 12.3. The quantitative estimate of drug-likeness (QED) is 0.832. The Labute approximate surface area is 145 Å². The second-order valence-electron chi connectivity index (χ2n) is 5.68. The van der Waals surface area contributed by atoms with E-state index in [1.54, 1.807) is 12.1 Å². The second-order valence-corrected chi connectivity index (χ2v) is 6.74. The molecule has 0 spiro atoms. The number of aryl methyl sites for hydroxylation is 1. The SMILES string of the molecule is CCCc1nnc(NC(=O)c2cccc(OCC3CCCO3)c2)s1. The molecular formula is C17H21N3O3S. The van der Waals surface area contributed by atoms with Crippen LogP contribution in [0.4, 0.5) is 5.13 Å². The van der Waals surface area contributed by atoms with E-state index < -0.39 is 0 Å². The fourth-order valence-electron chi connectivity index (χ4n) is 2.48. The Balaban J connectivity index is 1.58. The minimum atomic E-state index is -0.211. The lowest BCUT2D eigenvalue weighted by molar-refractivity contribution is 0.0679. The Morgan fingerprint density at radius 1 is 1.46 bits per heavy atom. The van der Waals surface area contributed by atoms with Gasteiger partial charge in [0.2, 0.25) is 5.13 Å². The number of nitrogens with zero attached hydrogens (tertiary/aromatic N) is 2. The summed E-state index contributed by atoms with van der Waals surface area (Å²) in [5.74, 6) is 0.457. The zero-order chi connectivity index (χ0) is 16.8. The maximum absolute atomic E-state index is 12.3. The van der Waals surface area contributed by atoms with Crippen molar-refractivity contribution in [2.75, 3.05) is 18.5 Å². The highest BCUT2D eigenvalue weighted by Gasteiger charge is 2.16. The highest BCUT2D eigenvalue weighted by atomic mass is 32.1. The molecule has 1 atom stereocenters. The van der Waals surface area contributed by atoms with Crippen LogP contribution < -0.4 is 10.1 Å². The summed E-state index contributed by atoms with van der Waals surface area (Å²) in [6.07, 6.45) is 4.14. The predicted molar refractivity (Wildman–Crippen MR) is 92.8 cm³/mol. The molecule has 1 aliphatic rings. The van der Waals surface area contributed by atoms with Gasteiger partial charge in [0.15, 0.2) is 0 Å². The Bertz CT molecular complexity index is 683. The van der Waals surface area contributed by atoms with Crippen molar-refractivity contribution in [2.24, 2.45) is 0 Å². The van der Waals surface area contributed by atoms with Crippen molar-refractivity contribution < 1.29 is 14.3 Å². The van der Waals surface area contributed by atoms with Crippen molar-refractivity contribution >= 4 is 22.4 Å². The van der Waals surface area contributed by atoms with Gasteiger partial charge in [0.05, 0.1) is 6.10 Å². The van der Waals surface area contributed by atoms with Gasteiger partial charge in [-0.1, -0.05) is 24.3 Å². The number of aromatic nitrogens is 2. The van der Waals surface area contributed by atoms with Gasteiger partial charge in [0.1, 0.15) is 17.4 Å². The van der Waals surface area contributed by atoms with Crippen molar-refractivity contribution in [1.82, 2.24) is 10.2 Å². The molecule has 1 aromatic carbocycles. The minimum absolute atomic E-state index is 0.154.